The zero-order chi connectivity index (χ0) is 11.8. The molecule has 2 heterocycles. The Balaban J connectivity index is 1.60. The molecule has 3 heteroatoms. The maximum absolute atomic E-state index is 12.4. The van der Waals surface area contributed by atoms with Gasteiger partial charge in [-0.2, -0.15) is 0 Å². The first kappa shape index (κ1) is 11.5. The van der Waals surface area contributed by atoms with Crippen molar-refractivity contribution in [2.45, 2.75) is 57.7 Å². The summed E-state index contributed by atoms with van der Waals surface area (Å²) in [6.45, 7) is 4.02. The summed E-state index contributed by atoms with van der Waals surface area (Å²) < 4.78 is 5.88. The number of nitrogens with zero attached hydrogens (tertiary/aromatic N) is 1. The van der Waals surface area contributed by atoms with Crippen LogP contribution >= 0.6 is 0 Å². The van der Waals surface area contributed by atoms with E-state index in [1.54, 1.807) is 0 Å². The normalized spacial score (nSPS) is 38.4. The molecular weight excluding hydrogens is 214 g/mol. The minimum absolute atomic E-state index is 0.339. The third-order valence-corrected chi connectivity index (χ3v) is 4.72. The molecule has 2 saturated heterocycles. The predicted molar refractivity (Wildman–Crippen MR) is 65.6 cm³/mol. The second-order valence-electron chi connectivity index (χ2n) is 6.04. The number of hydrogen-bond donors (Lipinski definition) is 0. The van der Waals surface area contributed by atoms with E-state index in [0.29, 0.717) is 30.0 Å². The number of amides is 1. The summed E-state index contributed by atoms with van der Waals surface area (Å²) in [6, 6.07) is 0. The molecule has 3 rings (SSSR count). The molecule has 17 heavy (non-hydrogen) atoms. The summed E-state index contributed by atoms with van der Waals surface area (Å²) in [5, 5.41) is 0. The van der Waals surface area contributed by atoms with Gasteiger partial charge in [-0.05, 0) is 32.6 Å². The van der Waals surface area contributed by atoms with Gasteiger partial charge >= 0.3 is 0 Å². The van der Waals surface area contributed by atoms with E-state index in [-0.39, 0.29) is 0 Å². The number of hydrogen-bond acceptors (Lipinski definition) is 2. The van der Waals surface area contributed by atoms with Crippen molar-refractivity contribution in [3.05, 3.63) is 0 Å². The Hall–Kier alpha value is -0.570. The Bertz CT molecular complexity index is 299. The molecule has 0 aromatic rings. The summed E-state index contributed by atoms with van der Waals surface area (Å²) >= 11 is 0. The van der Waals surface area contributed by atoms with Crippen LogP contribution in [0.4, 0.5) is 0 Å². The molecular formula is C14H23NO2. The van der Waals surface area contributed by atoms with E-state index in [4.69, 9.17) is 4.74 Å². The number of ether oxygens (including phenoxy) is 1. The smallest absolute Gasteiger partial charge is 0.225 e. The maximum atomic E-state index is 12.4. The van der Waals surface area contributed by atoms with Crippen LogP contribution in [0.15, 0.2) is 0 Å². The fourth-order valence-corrected chi connectivity index (χ4v) is 3.83. The number of piperidine rings is 1. The summed E-state index contributed by atoms with van der Waals surface area (Å²) in [7, 11) is 0. The predicted octanol–water partition coefficient (Wildman–Crippen LogP) is 2.20. The lowest BCUT2D eigenvalue weighted by atomic mass is 9.92. The Labute approximate surface area is 104 Å². The van der Waals surface area contributed by atoms with Crippen LogP contribution < -0.4 is 0 Å². The molecule has 1 saturated carbocycles. The highest BCUT2D eigenvalue weighted by Crippen LogP contribution is 2.34. The van der Waals surface area contributed by atoms with Gasteiger partial charge in [0, 0.05) is 24.9 Å². The van der Waals surface area contributed by atoms with E-state index in [1.807, 2.05) is 0 Å². The second kappa shape index (κ2) is 4.60. The van der Waals surface area contributed by atoms with Crippen LogP contribution in [-0.2, 0) is 9.53 Å². The molecule has 1 aliphatic carbocycles. The number of carbonyl (C=O) groups is 1. The van der Waals surface area contributed by atoms with Gasteiger partial charge in [-0.15, -0.1) is 0 Å². The molecule has 0 N–H and O–H groups in total. The van der Waals surface area contributed by atoms with E-state index in [1.165, 1.54) is 12.8 Å². The molecule has 0 aromatic heterocycles. The first-order valence-electron chi connectivity index (χ1n) is 7.18. The molecule has 3 aliphatic rings. The zero-order valence-electron chi connectivity index (χ0n) is 10.7. The van der Waals surface area contributed by atoms with Crippen molar-refractivity contribution in [1.82, 2.24) is 4.90 Å². The standard InChI is InChI=1S/C14H23NO2/c1-10-8-12-9-15(7-6-13(12)17-10)14(16)11-4-2-3-5-11/h10-13H,2-9H2,1H3/t10-,12-,13+/m1/s1. The summed E-state index contributed by atoms with van der Waals surface area (Å²) in [4.78, 5) is 14.5. The van der Waals surface area contributed by atoms with Crippen molar-refractivity contribution in [1.29, 1.82) is 0 Å². The molecule has 0 spiro atoms. The topological polar surface area (TPSA) is 29.5 Å². The van der Waals surface area contributed by atoms with Gasteiger partial charge in [-0.25, -0.2) is 0 Å². The first-order valence-corrected chi connectivity index (χ1v) is 7.18. The molecule has 0 unspecified atom stereocenters. The minimum atomic E-state index is 0.339. The largest absolute Gasteiger partial charge is 0.375 e. The molecule has 3 atom stereocenters. The van der Waals surface area contributed by atoms with Crippen molar-refractivity contribution >= 4 is 5.91 Å². The number of carbonyl (C=O) groups excluding carboxylic acids is 1. The molecule has 1 amide bonds. The third kappa shape index (κ3) is 2.22. The van der Waals surface area contributed by atoms with Gasteiger partial charge in [0.05, 0.1) is 12.2 Å². The van der Waals surface area contributed by atoms with E-state index < -0.39 is 0 Å². The third-order valence-electron chi connectivity index (χ3n) is 4.72. The van der Waals surface area contributed by atoms with Crippen LogP contribution in [0.25, 0.3) is 0 Å². The lowest BCUT2D eigenvalue weighted by molar-refractivity contribution is -0.138. The first-order chi connectivity index (χ1) is 8.24. The van der Waals surface area contributed by atoms with Gasteiger partial charge in [0.2, 0.25) is 5.91 Å². The molecule has 0 radical (unpaired) electrons. The molecule has 3 nitrogen and oxygen atoms in total. The average molecular weight is 237 g/mol. The van der Waals surface area contributed by atoms with E-state index in [2.05, 4.69) is 11.8 Å². The monoisotopic (exact) mass is 237 g/mol. The Morgan fingerprint density at radius 2 is 2.00 bits per heavy atom. The van der Waals surface area contributed by atoms with E-state index in [0.717, 1.165) is 38.8 Å². The number of fused-ring (bicyclic) bond motifs is 1. The van der Waals surface area contributed by atoms with Gasteiger partial charge < -0.3 is 9.64 Å². The van der Waals surface area contributed by atoms with Gasteiger partial charge in [0.15, 0.2) is 0 Å². The van der Waals surface area contributed by atoms with Gasteiger partial charge in [-0.1, -0.05) is 12.8 Å². The lowest BCUT2D eigenvalue weighted by Gasteiger charge is -2.35. The second-order valence-corrected chi connectivity index (χ2v) is 6.04. The van der Waals surface area contributed by atoms with Crippen molar-refractivity contribution in [3.8, 4) is 0 Å². The number of likely N-dealkylation sites (tertiary alicyclic amines) is 1. The van der Waals surface area contributed by atoms with Crippen LogP contribution in [0.2, 0.25) is 0 Å². The Morgan fingerprint density at radius 3 is 2.76 bits per heavy atom. The Kier molecular flexibility index (Phi) is 3.12. The molecule has 96 valence electrons. The van der Waals surface area contributed by atoms with Gasteiger partial charge in [-0.3, -0.25) is 4.79 Å². The molecule has 0 aromatic carbocycles. The highest BCUT2D eigenvalue weighted by molar-refractivity contribution is 5.79. The van der Waals surface area contributed by atoms with Crippen LogP contribution in [0, 0.1) is 11.8 Å². The molecule has 0 bridgehead atoms. The zero-order valence-corrected chi connectivity index (χ0v) is 10.7. The van der Waals surface area contributed by atoms with E-state index in [9.17, 15) is 4.79 Å². The van der Waals surface area contributed by atoms with Crippen molar-refractivity contribution in [3.63, 3.8) is 0 Å². The van der Waals surface area contributed by atoms with Crippen LogP contribution in [0.1, 0.15) is 45.4 Å². The summed E-state index contributed by atoms with van der Waals surface area (Å²) in [5.41, 5.74) is 0. The van der Waals surface area contributed by atoms with Crippen LogP contribution in [0.5, 0.6) is 0 Å². The van der Waals surface area contributed by atoms with Crippen molar-refractivity contribution in [2.75, 3.05) is 13.1 Å². The SMILES string of the molecule is C[C@@H]1C[C@@H]2CN(C(=O)C3CCCC3)CC[C@@H]2O1. The fourth-order valence-electron chi connectivity index (χ4n) is 3.83. The van der Waals surface area contributed by atoms with E-state index >= 15 is 0 Å². The van der Waals surface area contributed by atoms with Crippen LogP contribution in [0.3, 0.4) is 0 Å². The highest BCUT2D eigenvalue weighted by atomic mass is 16.5. The van der Waals surface area contributed by atoms with Gasteiger partial charge in [0.1, 0.15) is 0 Å². The fraction of sp³-hybridized carbons (Fsp3) is 0.929. The molecule has 3 fully saturated rings. The molecule has 2 aliphatic heterocycles. The number of rotatable bonds is 1. The van der Waals surface area contributed by atoms with Crippen molar-refractivity contribution < 1.29 is 9.53 Å². The summed E-state index contributed by atoms with van der Waals surface area (Å²) in [6.07, 6.45) is 7.75. The summed E-state index contributed by atoms with van der Waals surface area (Å²) in [5.74, 6) is 1.37. The van der Waals surface area contributed by atoms with Gasteiger partial charge in [0.25, 0.3) is 0 Å². The van der Waals surface area contributed by atoms with Crippen LogP contribution in [-0.4, -0.2) is 36.1 Å². The lowest BCUT2D eigenvalue weighted by Crippen LogP contribution is -2.46. The highest BCUT2D eigenvalue weighted by Gasteiger charge is 2.39. The Morgan fingerprint density at radius 1 is 1.24 bits per heavy atom. The maximum Gasteiger partial charge on any atom is 0.225 e. The minimum Gasteiger partial charge on any atom is -0.375 e. The average Bonchev–Trinajstić information content (AvgIpc) is 2.94. The quantitative estimate of drug-likeness (QED) is 0.699. The van der Waals surface area contributed by atoms with Crippen molar-refractivity contribution in [2.24, 2.45) is 11.8 Å².